The number of hydrogen-bond acceptors (Lipinski definition) is 3. The second kappa shape index (κ2) is 5.49. The van der Waals surface area contributed by atoms with Crippen LogP contribution in [0.15, 0.2) is 59.1 Å². The topological polar surface area (TPSA) is 55.2 Å². The van der Waals surface area contributed by atoms with Crippen molar-refractivity contribution >= 4 is 27.3 Å². The summed E-state index contributed by atoms with van der Waals surface area (Å²) in [6.07, 6.45) is 5.36. The number of para-hydroxylation sites is 1. The van der Waals surface area contributed by atoms with Crippen LogP contribution in [0.25, 0.3) is 0 Å². The first-order chi connectivity index (χ1) is 11.2. The zero-order valence-corrected chi connectivity index (χ0v) is 13.9. The second-order valence-corrected chi connectivity index (χ2v) is 6.85. The van der Waals surface area contributed by atoms with Gasteiger partial charge in [-0.15, -0.1) is 0 Å². The molecule has 0 aromatic heterocycles. The minimum Gasteiger partial charge on any atom is -0.372 e. The third kappa shape index (κ3) is 2.27. The molecular weight excluding hydrogens is 356 g/mol. The van der Waals surface area contributed by atoms with Gasteiger partial charge in [-0.25, -0.2) is 0 Å². The summed E-state index contributed by atoms with van der Waals surface area (Å²) in [4.78, 5) is 11.1. The van der Waals surface area contributed by atoms with Gasteiger partial charge < -0.3 is 5.32 Å². The molecule has 0 radical (unpaired) electrons. The Hall–Kier alpha value is -2.14. The maximum absolute atomic E-state index is 11.4. The van der Waals surface area contributed by atoms with E-state index in [1.807, 2.05) is 24.3 Å². The highest BCUT2D eigenvalue weighted by Crippen LogP contribution is 2.52. The molecule has 2 aromatic carbocycles. The van der Waals surface area contributed by atoms with Crippen molar-refractivity contribution in [2.45, 2.75) is 18.4 Å². The van der Waals surface area contributed by atoms with Gasteiger partial charge in [0.2, 0.25) is 0 Å². The molecule has 1 aliphatic carbocycles. The zero-order chi connectivity index (χ0) is 16.0. The predicted octanol–water partition coefficient (Wildman–Crippen LogP) is 5.18. The largest absolute Gasteiger partial charge is 0.372 e. The lowest BCUT2D eigenvalue weighted by atomic mass is 9.77. The number of nitro benzene ring substituents is 1. The quantitative estimate of drug-likeness (QED) is 0.449. The van der Waals surface area contributed by atoms with Crippen LogP contribution in [0, 0.1) is 16.0 Å². The van der Waals surface area contributed by atoms with E-state index in [1.54, 1.807) is 12.1 Å². The van der Waals surface area contributed by atoms with E-state index >= 15 is 0 Å². The summed E-state index contributed by atoms with van der Waals surface area (Å²) in [6.45, 7) is 0. The fraction of sp³-hybridized carbons (Fsp3) is 0.222. The van der Waals surface area contributed by atoms with E-state index in [0.717, 1.165) is 22.0 Å². The fourth-order valence-corrected chi connectivity index (χ4v) is 4.32. The molecule has 0 saturated carbocycles. The Bertz CT molecular complexity index is 818. The minimum absolute atomic E-state index is 0.0548. The maximum atomic E-state index is 11.4. The van der Waals surface area contributed by atoms with Crippen LogP contribution < -0.4 is 5.32 Å². The van der Waals surface area contributed by atoms with Crippen molar-refractivity contribution < 1.29 is 4.92 Å². The van der Waals surface area contributed by atoms with Gasteiger partial charge in [0.05, 0.1) is 11.0 Å². The lowest BCUT2D eigenvalue weighted by Gasteiger charge is -2.37. The van der Waals surface area contributed by atoms with Crippen molar-refractivity contribution in [1.82, 2.24) is 0 Å². The van der Waals surface area contributed by atoms with Crippen molar-refractivity contribution in [3.05, 3.63) is 80.3 Å². The summed E-state index contributed by atoms with van der Waals surface area (Å²) in [5.41, 5.74) is 2.99. The van der Waals surface area contributed by atoms with Crippen LogP contribution in [0.2, 0.25) is 0 Å². The van der Waals surface area contributed by atoms with Crippen molar-refractivity contribution in [3.8, 4) is 0 Å². The van der Waals surface area contributed by atoms with Crippen LogP contribution in [-0.4, -0.2) is 4.92 Å². The molecule has 116 valence electrons. The van der Waals surface area contributed by atoms with Gasteiger partial charge in [0.25, 0.3) is 5.69 Å². The molecule has 0 bridgehead atoms. The lowest BCUT2D eigenvalue weighted by Crippen LogP contribution is -2.29. The first kappa shape index (κ1) is 14.5. The number of anilines is 1. The van der Waals surface area contributed by atoms with E-state index in [2.05, 4.69) is 39.5 Å². The Morgan fingerprint density at radius 3 is 2.70 bits per heavy atom. The summed E-state index contributed by atoms with van der Waals surface area (Å²) in [5, 5.41) is 14.9. The summed E-state index contributed by atoms with van der Waals surface area (Å²) < 4.78 is 1.03. The molecule has 1 N–H and O–H groups in total. The number of nitrogens with zero attached hydrogens (tertiary/aromatic N) is 1. The Morgan fingerprint density at radius 1 is 1.13 bits per heavy atom. The lowest BCUT2D eigenvalue weighted by molar-refractivity contribution is -0.384. The number of fused-ring (bicyclic) bond motifs is 3. The van der Waals surface area contributed by atoms with E-state index in [0.29, 0.717) is 11.6 Å². The molecule has 4 rings (SSSR count). The number of nitrogens with one attached hydrogen (secondary N) is 1. The third-order valence-corrected chi connectivity index (χ3v) is 5.53. The normalized spacial score (nSPS) is 24.7. The van der Waals surface area contributed by atoms with Crippen LogP contribution in [0.5, 0.6) is 0 Å². The van der Waals surface area contributed by atoms with Gasteiger partial charge in [-0.3, -0.25) is 10.1 Å². The minimum atomic E-state index is -0.304. The second-order valence-electron chi connectivity index (χ2n) is 6.00. The number of benzene rings is 2. The van der Waals surface area contributed by atoms with E-state index < -0.39 is 0 Å². The molecule has 2 aliphatic rings. The molecule has 1 heterocycles. The van der Waals surface area contributed by atoms with Crippen LogP contribution in [0.3, 0.4) is 0 Å². The van der Waals surface area contributed by atoms with E-state index in [4.69, 9.17) is 0 Å². The van der Waals surface area contributed by atoms with Gasteiger partial charge >= 0.3 is 0 Å². The van der Waals surface area contributed by atoms with Crippen molar-refractivity contribution in [3.63, 3.8) is 0 Å². The summed E-state index contributed by atoms with van der Waals surface area (Å²) in [5.74, 6) is 0.603. The van der Waals surface area contributed by atoms with E-state index in [1.165, 1.54) is 0 Å². The van der Waals surface area contributed by atoms with Crippen molar-refractivity contribution in [1.29, 1.82) is 0 Å². The highest BCUT2D eigenvalue weighted by molar-refractivity contribution is 9.10. The molecule has 23 heavy (non-hydrogen) atoms. The standard InChI is InChI=1S/C18H15BrN2O2/c19-15-9-2-1-5-14(15)17-12-7-3-6-11(12)13-8-4-10-16(21(22)23)18(13)20-17/h1-6,8-12,17,20H,7H2/t11-,12+,17-/m0/s1. The zero-order valence-electron chi connectivity index (χ0n) is 12.3. The summed E-state index contributed by atoms with van der Waals surface area (Å²) in [7, 11) is 0. The highest BCUT2D eigenvalue weighted by Gasteiger charge is 2.40. The average Bonchev–Trinajstić information content (AvgIpc) is 3.04. The number of nitro groups is 1. The smallest absolute Gasteiger partial charge is 0.292 e. The Morgan fingerprint density at radius 2 is 1.91 bits per heavy atom. The molecule has 2 aromatic rings. The molecule has 0 unspecified atom stereocenters. The fourth-order valence-electron chi connectivity index (χ4n) is 3.79. The van der Waals surface area contributed by atoms with Gasteiger partial charge in [-0.2, -0.15) is 0 Å². The third-order valence-electron chi connectivity index (χ3n) is 4.81. The molecule has 3 atom stereocenters. The van der Waals surface area contributed by atoms with Gasteiger partial charge in [0.1, 0.15) is 5.69 Å². The van der Waals surface area contributed by atoms with Crippen LogP contribution in [0.4, 0.5) is 11.4 Å². The molecule has 1 aliphatic heterocycles. The molecular formula is C18H15BrN2O2. The SMILES string of the molecule is O=[N+]([O-])c1cccc2c1N[C@H](c1ccccc1Br)[C@@H]1CC=C[C@H]21. The van der Waals surface area contributed by atoms with E-state index in [-0.39, 0.29) is 22.6 Å². The number of halogens is 1. The van der Waals surface area contributed by atoms with Gasteiger partial charge in [-0.05, 0) is 29.5 Å². The van der Waals surface area contributed by atoms with Crippen LogP contribution >= 0.6 is 15.9 Å². The molecule has 0 spiro atoms. The Balaban J connectivity index is 1.87. The van der Waals surface area contributed by atoms with Gasteiger partial charge in [0, 0.05) is 16.5 Å². The summed E-state index contributed by atoms with van der Waals surface area (Å²) >= 11 is 3.62. The molecule has 4 nitrogen and oxygen atoms in total. The monoisotopic (exact) mass is 370 g/mol. The molecule has 0 amide bonds. The van der Waals surface area contributed by atoms with Crippen molar-refractivity contribution in [2.75, 3.05) is 5.32 Å². The van der Waals surface area contributed by atoms with Gasteiger partial charge in [-0.1, -0.05) is 58.4 Å². The first-order valence-electron chi connectivity index (χ1n) is 7.61. The van der Waals surface area contributed by atoms with Crippen molar-refractivity contribution in [2.24, 2.45) is 5.92 Å². The van der Waals surface area contributed by atoms with Crippen LogP contribution in [-0.2, 0) is 0 Å². The van der Waals surface area contributed by atoms with Gasteiger partial charge in [0.15, 0.2) is 0 Å². The number of allylic oxidation sites excluding steroid dienone is 2. The molecule has 5 heteroatoms. The highest BCUT2D eigenvalue weighted by atomic mass is 79.9. The van der Waals surface area contributed by atoms with Crippen LogP contribution in [0.1, 0.15) is 29.5 Å². The number of rotatable bonds is 2. The number of hydrogen-bond donors (Lipinski definition) is 1. The molecule has 0 saturated heterocycles. The first-order valence-corrected chi connectivity index (χ1v) is 8.41. The van der Waals surface area contributed by atoms with E-state index in [9.17, 15) is 10.1 Å². The molecule has 0 fully saturated rings. The Kier molecular flexibility index (Phi) is 3.45. The summed E-state index contributed by atoms with van der Waals surface area (Å²) in [6, 6.07) is 13.5. The Labute approximate surface area is 142 Å². The average molecular weight is 371 g/mol. The predicted molar refractivity (Wildman–Crippen MR) is 93.6 cm³/mol. The maximum Gasteiger partial charge on any atom is 0.292 e.